The van der Waals surface area contributed by atoms with Gasteiger partial charge < -0.3 is 0 Å². The van der Waals surface area contributed by atoms with Crippen molar-refractivity contribution in [2.24, 2.45) is 23.7 Å². The summed E-state index contributed by atoms with van der Waals surface area (Å²) >= 11 is 0. The Morgan fingerprint density at radius 3 is 1.59 bits per heavy atom. The summed E-state index contributed by atoms with van der Waals surface area (Å²) in [5.41, 5.74) is 0.639. The fourth-order valence-electron chi connectivity index (χ4n) is 6.54. The monoisotopic (exact) mass is 406 g/mol. The number of hydrogen-bond acceptors (Lipinski definition) is 0. The Kier molecular flexibility index (Phi) is 7.24. The molecule has 0 radical (unpaired) electrons. The van der Waals surface area contributed by atoms with Gasteiger partial charge in [0.1, 0.15) is 0 Å². The summed E-state index contributed by atoms with van der Waals surface area (Å²) in [6.45, 7) is 0. The van der Waals surface area contributed by atoms with Crippen LogP contribution in [-0.4, -0.2) is 0 Å². The molecule has 29 heavy (non-hydrogen) atoms. The van der Waals surface area contributed by atoms with Gasteiger partial charge in [-0.1, -0.05) is 64.2 Å². The van der Waals surface area contributed by atoms with E-state index in [4.69, 9.17) is 0 Å². The summed E-state index contributed by atoms with van der Waals surface area (Å²) in [4.78, 5) is 0. The van der Waals surface area contributed by atoms with Gasteiger partial charge in [-0.3, -0.25) is 0 Å². The smallest absolute Gasteiger partial charge is 0.194 e. The molecule has 0 unspecified atom stereocenters. The SMILES string of the molecule is Fc1cc(C2CCC(CCC3CCC(CC4CCCC4)CC3)CC2)cc(F)c1F. The number of rotatable bonds is 6. The van der Waals surface area contributed by atoms with E-state index in [0.29, 0.717) is 5.56 Å². The fraction of sp³-hybridized carbons (Fsp3) is 0.769. The van der Waals surface area contributed by atoms with Crippen molar-refractivity contribution in [1.82, 2.24) is 0 Å². The Labute approximate surface area is 174 Å². The molecule has 1 aromatic rings. The number of benzene rings is 1. The van der Waals surface area contributed by atoms with E-state index in [1.165, 1.54) is 82.8 Å². The van der Waals surface area contributed by atoms with Crippen LogP contribution in [0.1, 0.15) is 108 Å². The first-order chi connectivity index (χ1) is 14.1. The largest absolute Gasteiger partial charge is 0.204 e. The van der Waals surface area contributed by atoms with Gasteiger partial charge in [0.15, 0.2) is 17.5 Å². The molecule has 1 aromatic carbocycles. The molecule has 0 aromatic heterocycles. The highest BCUT2D eigenvalue weighted by Crippen LogP contribution is 2.42. The van der Waals surface area contributed by atoms with Crippen molar-refractivity contribution in [3.63, 3.8) is 0 Å². The van der Waals surface area contributed by atoms with E-state index >= 15 is 0 Å². The Morgan fingerprint density at radius 1 is 0.586 bits per heavy atom. The maximum absolute atomic E-state index is 13.5. The molecule has 0 aliphatic heterocycles. The minimum absolute atomic E-state index is 0.182. The standard InChI is InChI=1S/C26H37F3/c27-24-16-23(17-25(28)26(24)29)22-13-11-19(12-14-22)6-5-18-7-9-21(10-8-18)15-20-3-1-2-4-20/h16-22H,1-15H2. The Bertz CT molecular complexity index is 625. The lowest BCUT2D eigenvalue weighted by molar-refractivity contribution is 0.209. The van der Waals surface area contributed by atoms with Crippen LogP contribution in [-0.2, 0) is 0 Å². The van der Waals surface area contributed by atoms with Crippen molar-refractivity contribution in [3.05, 3.63) is 35.1 Å². The van der Waals surface area contributed by atoms with Gasteiger partial charge >= 0.3 is 0 Å². The maximum Gasteiger partial charge on any atom is 0.194 e. The summed E-state index contributed by atoms with van der Waals surface area (Å²) in [7, 11) is 0. The van der Waals surface area contributed by atoms with E-state index in [1.54, 1.807) is 0 Å². The summed E-state index contributed by atoms with van der Waals surface area (Å²) in [6.07, 6.45) is 20.1. The Balaban J connectivity index is 1.15. The number of hydrogen-bond donors (Lipinski definition) is 0. The predicted octanol–water partition coefficient (Wildman–Crippen LogP) is 8.54. The first kappa shape index (κ1) is 21.2. The van der Waals surface area contributed by atoms with Crippen LogP contribution in [0.2, 0.25) is 0 Å². The van der Waals surface area contributed by atoms with Gasteiger partial charge in [-0.2, -0.15) is 0 Å². The summed E-state index contributed by atoms with van der Waals surface area (Å²) in [5.74, 6) is 0.458. The van der Waals surface area contributed by atoms with Gasteiger partial charge in [0.2, 0.25) is 0 Å². The van der Waals surface area contributed by atoms with Crippen LogP contribution in [0.25, 0.3) is 0 Å². The topological polar surface area (TPSA) is 0 Å². The first-order valence-corrected chi connectivity index (χ1v) is 12.2. The molecule has 0 heterocycles. The third kappa shape index (κ3) is 5.58. The van der Waals surface area contributed by atoms with Gasteiger partial charge in [-0.05, 0) is 79.4 Å². The highest BCUT2D eigenvalue weighted by atomic mass is 19.2. The lowest BCUT2D eigenvalue weighted by Crippen LogP contribution is -2.19. The van der Waals surface area contributed by atoms with Crippen molar-refractivity contribution in [3.8, 4) is 0 Å². The average Bonchev–Trinajstić information content (AvgIpc) is 3.24. The molecule has 162 valence electrons. The molecular weight excluding hydrogens is 369 g/mol. The predicted molar refractivity (Wildman–Crippen MR) is 112 cm³/mol. The summed E-state index contributed by atoms with van der Waals surface area (Å²) in [5, 5.41) is 0. The third-order valence-electron chi connectivity index (χ3n) is 8.42. The lowest BCUT2D eigenvalue weighted by atomic mass is 9.73. The molecule has 0 nitrogen and oxygen atoms in total. The van der Waals surface area contributed by atoms with Crippen LogP contribution in [0, 0.1) is 41.1 Å². The van der Waals surface area contributed by atoms with Crippen LogP contribution in [0.4, 0.5) is 13.2 Å². The van der Waals surface area contributed by atoms with Crippen molar-refractivity contribution < 1.29 is 13.2 Å². The normalized spacial score (nSPS) is 31.3. The zero-order valence-corrected chi connectivity index (χ0v) is 17.8. The highest BCUT2D eigenvalue weighted by molar-refractivity contribution is 5.23. The van der Waals surface area contributed by atoms with Gasteiger partial charge in [0.05, 0.1) is 0 Å². The van der Waals surface area contributed by atoms with Crippen molar-refractivity contribution in [1.29, 1.82) is 0 Å². The van der Waals surface area contributed by atoms with E-state index < -0.39 is 17.5 Å². The zero-order valence-electron chi connectivity index (χ0n) is 17.8. The second kappa shape index (κ2) is 9.88. The average molecular weight is 407 g/mol. The van der Waals surface area contributed by atoms with E-state index in [1.807, 2.05) is 0 Å². The molecule has 3 heteroatoms. The molecule has 0 bridgehead atoms. The molecule has 0 N–H and O–H groups in total. The van der Waals surface area contributed by atoms with Gasteiger partial charge in [-0.25, -0.2) is 13.2 Å². The van der Waals surface area contributed by atoms with Crippen LogP contribution < -0.4 is 0 Å². The molecule has 0 atom stereocenters. The lowest BCUT2D eigenvalue weighted by Gasteiger charge is -2.33. The molecule has 3 aliphatic carbocycles. The van der Waals surface area contributed by atoms with E-state index in [0.717, 1.165) is 49.4 Å². The van der Waals surface area contributed by atoms with E-state index in [-0.39, 0.29) is 5.92 Å². The van der Waals surface area contributed by atoms with Gasteiger partial charge in [0.25, 0.3) is 0 Å². The van der Waals surface area contributed by atoms with Crippen LogP contribution in [0.15, 0.2) is 12.1 Å². The van der Waals surface area contributed by atoms with Gasteiger partial charge in [0, 0.05) is 0 Å². The Morgan fingerprint density at radius 2 is 1.03 bits per heavy atom. The van der Waals surface area contributed by atoms with Crippen molar-refractivity contribution >= 4 is 0 Å². The summed E-state index contributed by atoms with van der Waals surface area (Å²) in [6, 6.07) is 2.40. The molecule has 0 saturated heterocycles. The van der Waals surface area contributed by atoms with Gasteiger partial charge in [-0.15, -0.1) is 0 Å². The van der Waals surface area contributed by atoms with Crippen LogP contribution in [0.5, 0.6) is 0 Å². The fourth-order valence-corrected chi connectivity index (χ4v) is 6.54. The number of halogens is 3. The van der Waals surface area contributed by atoms with Crippen molar-refractivity contribution in [2.45, 2.75) is 102 Å². The Hall–Kier alpha value is -0.990. The molecule has 3 fully saturated rings. The molecule has 0 amide bonds. The van der Waals surface area contributed by atoms with E-state index in [9.17, 15) is 13.2 Å². The maximum atomic E-state index is 13.5. The minimum Gasteiger partial charge on any atom is -0.204 e. The first-order valence-electron chi connectivity index (χ1n) is 12.2. The van der Waals surface area contributed by atoms with Crippen LogP contribution in [0.3, 0.4) is 0 Å². The second-order valence-electron chi connectivity index (χ2n) is 10.4. The third-order valence-corrected chi connectivity index (χ3v) is 8.42. The molecule has 3 aliphatic rings. The van der Waals surface area contributed by atoms with Crippen molar-refractivity contribution in [2.75, 3.05) is 0 Å². The van der Waals surface area contributed by atoms with E-state index in [2.05, 4.69) is 0 Å². The zero-order chi connectivity index (χ0) is 20.2. The molecular formula is C26H37F3. The highest BCUT2D eigenvalue weighted by Gasteiger charge is 2.28. The molecule has 4 rings (SSSR count). The minimum atomic E-state index is -1.35. The molecule has 3 saturated carbocycles. The molecule has 0 spiro atoms. The second-order valence-corrected chi connectivity index (χ2v) is 10.4. The quantitative estimate of drug-likeness (QED) is 0.415. The summed E-state index contributed by atoms with van der Waals surface area (Å²) < 4.78 is 40.2. The van der Waals surface area contributed by atoms with Crippen LogP contribution >= 0.6 is 0 Å².